The standard InChI is InChI=1S/C21H14O5/c1-24-15-6-5-12-18-11-3-2-4-16-19-17(15)14(23)8-10-21(19,25-16)26-20(12,18)9-7-13(11)22/h2-6,8,10H,7,9H2,1H3/b3-2?,4-2?,6-5?,11-3?,12-5-,15-6+,16-4-,17-15?/t20-,21+/m0/s1. The third kappa shape index (κ3) is 1.43. The summed E-state index contributed by atoms with van der Waals surface area (Å²) in [5.41, 5.74) is 3.10. The van der Waals surface area contributed by atoms with Crippen LogP contribution in [0.2, 0.25) is 0 Å². The molecule has 128 valence electrons. The van der Waals surface area contributed by atoms with Gasteiger partial charge in [0.1, 0.15) is 17.1 Å². The lowest BCUT2D eigenvalue weighted by atomic mass is 9.83. The van der Waals surface area contributed by atoms with Crippen molar-refractivity contribution >= 4 is 11.6 Å². The molecule has 3 aliphatic carbocycles. The largest absolute Gasteiger partial charge is 0.496 e. The van der Waals surface area contributed by atoms with Crippen molar-refractivity contribution in [2.75, 3.05) is 7.11 Å². The lowest BCUT2D eigenvalue weighted by Gasteiger charge is -2.48. The average Bonchev–Trinajstić information content (AvgIpc) is 3.24. The fraction of sp³-hybridized carbons (Fsp3) is 0.238. The van der Waals surface area contributed by atoms with Gasteiger partial charge in [-0.05, 0) is 36.3 Å². The van der Waals surface area contributed by atoms with E-state index in [-0.39, 0.29) is 11.6 Å². The summed E-state index contributed by atoms with van der Waals surface area (Å²) in [5.74, 6) is -0.0861. The minimum atomic E-state index is -1.12. The molecule has 1 saturated carbocycles. The number of methoxy groups -OCH3 is 1. The molecule has 5 heteroatoms. The maximum absolute atomic E-state index is 12.6. The molecule has 1 saturated heterocycles. The second kappa shape index (κ2) is 4.24. The topological polar surface area (TPSA) is 61.8 Å². The highest BCUT2D eigenvalue weighted by atomic mass is 16.7. The minimum absolute atomic E-state index is 0.128. The molecular weight excluding hydrogens is 332 g/mol. The quantitative estimate of drug-likeness (QED) is 0.730. The molecule has 0 radical (unpaired) electrons. The number of Topliss-reactive ketones (excluding diaryl/α,β-unsaturated/α-hetero) is 1. The van der Waals surface area contributed by atoms with Gasteiger partial charge in [0.05, 0.1) is 18.3 Å². The summed E-state index contributed by atoms with van der Waals surface area (Å²) in [6.07, 6.45) is 13.3. The van der Waals surface area contributed by atoms with E-state index in [1.807, 2.05) is 18.2 Å². The van der Waals surface area contributed by atoms with Crippen LogP contribution in [0.1, 0.15) is 12.8 Å². The van der Waals surface area contributed by atoms with E-state index >= 15 is 0 Å². The summed E-state index contributed by atoms with van der Waals surface area (Å²) in [6.45, 7) is 0. The molecule has 4 heterocycles. The fourth-order valence-corrected chi connectivity index (χ4v) is 4.63. The molecule has 4 aliphatic heterocycles. The van der Waals surface area contributed by atoms with E-state index in [1.54, 1.807) is 25.3 Å². The number of ketones is 2. The molecule has 2 atom stereocenters. The Morgan fingerprint density at radius 1 is 1.12 bits per heavy atom. The molecule has 5 nitrogen and oxygen atoms in total. The fourth-order valence-electron chi connectivity index (χ4n) is 4.63. The average molecular weight is 346 g/mol. The Kier molecular flexibility index (Phi) is 2.33. The Hall–Kier alpha value is -2.92. The van der Waals surface area contributed by atoms with Gasteiger partial charge < -0.3 is 14.2 Å². The van der Waals surface area contributed by atoms with E-state index in [0.717, 1.165) is 11.1 Å². The summed E-state index contributed by atoms with van der Waals surface area (Å²) < 4.78 is 18.1. The number of carbonyl (C=O) groups is 2. The highest BCUT2D eigenvalue weighted by Gasteiger charge is 2.67. The van der Waals surface area contributed by atoms with Gasteiger partial charge in [0.25, 0.3) is 5.79 Å². The molecule has 0 aromatic heterocycles. The van der Waals surface area contributed by atoms with Crippen LogP contribution in [0, 0.1) is 0 Å². The Bertz CT molecular complexity index is 1060. The van der Waals surface area contributed by atoms with Crippen LogP contribution in [0.5, 0.6) is 0 Å². The predicted octanol–water partition coefficient (Wildman–Crippen LogP) is 2.50. The minimum Gasteiger partial charge on any atom is -0.496 e. The zero-order valence-electron chi connectivity index (χ0n) is 14.0. The Labute approximate surface area is 149 Å². The van der Waals surface area contributed by atoms with Gasteiger partial charge in [-0.2, -0.15) is 0 Å². The van der Waals surface area contributed by atoms with E-state index in [1.165, 1.54) is 6.08 Å². The first kappa shape index (κ1) is 14.3. The SMILES string of the molecule is CO/C1=C/C=C2/C3=C4C=C/C=C5\O[C@]6(C=CC(=O)C1=C56)O[C@]32CCC4=O. The highest BCUT2D eigenvalue weighted by Crippen LogP contribution is 2.65. The van der Waals surface area contributed by atoms with Crippen LogP contribution in [0.3, 0.4) is 0 Å². The first-order chi connectivity index (χ1) is 12.6. The second-order valence-electron chi connectivity index (χ2n) is 7.06. The van der Waals surface area contributed by atoms with Crippen molar-refractivity contribution in [3.63, 3.8) is 0 Å². The number of ether oxygens (including phenoxy) is 3. The molecule has 6 bridgehead atoms. The smallest absolute Gasteiger partial charge is 0.263 e. The molecule has 0 aromatic rings. The summed E-state index contributed by atoms with van der Waals surface area (Å²) >= 11 is 0. The van der Waals surface area contributed by atoms with Gasteiger partial charge in [0.2, 0.25) is 0 Å². The summed E-state index contributed by atoms with van der Waals surface area (Å²) in [5, 5.41) is 0. The van der Waals surface area contributed by atoms with Crippen molar-refractivity contribution in [1.82, 2.24) is 0 Å². The predicted molar refractivity (Wildman–Crippen MR) is 90.5 cm³/mol. The Morgan fingerprint density at radius 3 is 2.85 bits per heavy atom. The van der Waals surface area contributed by atoms with Crippen molar-refractivity contribution in [2.24, 2.45) is 0 Å². The van der Waals surface area contributed by atoms with Gasteiger partial charge in [0, 0.05) is 17.6 Å². The van der Waals surface area contributed by atoms with Crippen molar-refractivity contribution < 1.29 is 23.8 Å². The third-order valence-corrected chi connectivity index (χ3v) is 5.83. The van der Waals surface area contributed by atoms with E-state index in [4.69, 9.17) is 14.2 Å². The molecule has 2 spiro atoms. The van der Waals surface area contributed by atoms with Gasteiger partial charge in [-0.25, -0.2) is 0 Å². The molecule has 2 fully saturated rings. The maximum atomic E-state index is 12.6. The Balaban J connectivity index is 1.74. The number of hydrogen-bond donors (Lipinski definition) is 0. The number of rotatable bonds is 1. The summed E-state index contributed by atoms with van der Waals surface area (Å²) in [7, 11) is 1.54. The van der Waals surface area contributed by atoms with E-state index < -0.39 is 11.4 Å². The monoisotopic (exact) mass is 346 g/mol. The summed E-state index contributed by atoms with van der Waals surface area (Å²) in [6, 6.07) is 0. The highest BCUT2D eigenvalue weighted by molar-refractivity contribution is 6.10. The van der Waals surface area contributed by atoms with Crippen LogP contribution in [0.25, 0.3) is 0 Å². The molecular formula is C21H14O5. The number of carbonyl (C=O) groups excluding carboxylic acids is 2. The molecule has 0 N–H and O–H groups in total. The Morgan fingerprint density at radius 2 is 2.00 bits per heavy atom. The van der Waals surface area contributed by atoms with E-state index in [0.29, 0.717) is 41.1 Å². The molecule has 7 aliphatic rings. The lowest BCUT2D eigenvalue weighted by molar-refractivity contribution is -0.224. The van der Waals surface area contributed by atoms with Crippen LogP contribution in [-0.4, -0.2) is 30.1 Å². The van der Waals surface area contributed by atoms with Gasteiger partial charge in [-0.15, -0.1) is 0 Å². The van der Waals surface area contributed by atoms with E-state index in [9.17, 15) is 9.59 Å². The first-order valence-corrected chi connectivity index (χ1v) is 8.61. The van der Waals surface area contributed by atoms with Crippen molar-refractivity contribution in [1.29, 1.82) is 0 Å². The zero-order valence-corrected chi connectivity index (χ0v) is 14.0. The van der Waals surface area contributed by atoms with Gasteiger partial charge in [-0.3, -0.25) is 9.59 Å². The molecule has 7 rings (SSSR count). The summed E-state index contributed by atoms with van der Waals surface area (Å²) in [4.78, 5) is 25.1. The van der Waals surface area contributed by atoms with Gasteiger partial charge >= 0.3 is 0 Å². The zero-order chi connectivity index (χ0) is 17.7. The first-order valence-electron chi connectivity index (χ1n) is 8.61. The van der Waals surface area contributed by atoms with Crippen LogP contribution >= 0.6 is 0 Å². The maximum Gasteiger partial charge on any atom is 0.263 e. The lowest BCUT2D eigenvalue weighted by Crippen LogP contribution is -2.52. The number of hydrogen-bond acceptors (Lipinski definition) is 5. The third-order valence-electron chi connectivity index (χ3n) is 5.83. The normalized spacial score (nSPS) is 41.5. The van der Waals surface area contributed by atoms with Crippen molar-refractivity contribution in [2.45, 2.75) is 24.2 Å². The van der Waals surface area contributed by atoms with Crippen LogP contribution in [0.15, 0.2) is 81.9 Å². The van der Waals surface area contributed by atoms with Crippen LogP contribution in [-0.2, 0) is 23.8 Å². The number of fused-ring (bicyclic) bond motifs is 1. The van der Waals surface area contributed by atoms with Gasteiger partial charge in [-0.1, -0.05) is 18.2 Å². The molecule has 0 unspecified atom stereocenters. The van der Waals surface area contributed by atoms with Crippen LogP contribution in [0.4, 0.5) is 0 Å². The second-order valence-corrected chi connectivity index (χ2v) is 7.06. The molecule has 0 amide bonds. The van der Waals surface area contributed by atoms with Crippen molar-refractivity contribution in [3.8, 4) is 0 Å². The van der Waals surface area contributed by atoms with Gasteiger partial charge in [0.15, 0.2) is 11.6 Å². The van der Waals surface area contributed by atoms with Crippen LogP contribution < -0.4 is 0 Å². The number of allylic oxidation sites excluding steroid dienone is 8. The molecule has 26 heavy (non-hydrogen) atoms. The van der Waals surface area contributed by atoms with Crippen molar-refractivity contribution in [3.05, 3.63) is 81.9 Å². The molecule has 0 aromatic carbocycles. The van der Waals surface area contributed by atoms with E-state index in [2.05, 4.69) is 0 Å².